The molecule has 242 valence electrons. The number of para-hydroxylation sites is 3. The molecule has 0 amide bonds. The van der Waals surface area contributed by atoms with E-state index in [0.717, 1.165) is 33.3 Å². The zero-order valence-electron chi connectivity index (χ0n) is 27.9. The van der Waals surface area contributed by atoms with Crippen LogP contribution in [0.1, 0.15) is 0 Å². The van der Waals surface area contributed by atoms with Crippen molar-refractivity contribution in [3.8, 4) is 22.5 Å². The molecule has 52 heavy (non-hydrogen) atoms. The zero-order chi connectivity index (χ0) is 33.9. The summed E-state index contributed by atoms with van der Waals surface area (Å²) in [4.78, 5) is 0. The molecule has 4 aromatic heterocycles. The number of hydrogen-bond acceptors (Lipinski definition) is 2. The Bertz CT molecular complexity index is 3410. The summed E-state index contributed by atoms with van der Waals surface area (Å²) in [5.41, 5.74) is 11.2. The van der Waals surface area contributed by atoms with Gasteiger partial charge in [0.15, 0.2) is 0 Å². The second-order valence-electron chi connectivity index (χ2n) is 13.7. The Hall–Kier alpha value is -6.62. The highest BCUT2D eigenvalue weighted by molar-refractivity contribution is 7.25. The molecule has 0 aliphatic carbocycles. The Morgan fingerprint density at radius 1 is 0.365 bits per heavy atom. The zero-order valence-corrected chi connectivity index (χ0v) is 28.7. The van der Waals surface area contributed by atoms with Crippen LogP contribution in [0.15, 0.2) is 174 Å². The van der Waals surface area contributed by atoms with Crippen molar-refractivity contribution < 1.29 is 4.42 Å². The van der Waals surface area contributed by atoms with E-state index in [0.29, 0.717) is 0 Å². The molecule has 12 aromatic rings. The number of benzene rings is 8. The molecule has 0 spiro atoms. The lowest BCUT2D eigenvalue weighted by Crippen LogP contribution is -1.94. The van der Waals surface area contributed by atoms with E-state index in [4.69, 9.17) is 4.42 Å². The molecule has 0 bridgehead atoms. The van der Waals surface area contributed by atoms with Gasteiger partial charge >= 0.3 is 0 Å². The Kier molecular flexibility index (Phi) is 5.65. The molecule has 0 aliphatic rings. The van der Waals surface area contributed by atoms with Gasteiger partial charge in [-0.25, -0.2) is 0 Å². The van der Waals surface area contributed by atoms with Crippen molar-refractivity contribution >= 4 is 97.1 Å². The van der Waals surface area contributed by atoms with Gasteiger partial charge in [0.2, 0.25) is 0 Å². The number of aromatic nitrogens is 2. The maximum atomic E-state index is 6.69. The Morgan fingerprint density at radius 3 is 1.79 bits per heavy atom. The van der Waals surface area contributed by atoms with Crippen LogP contribution in [0.25, 0.3) is 108 Å². The number of fused-ring (bicyclic) bond motifs is 12. The van der Waals surface area contributed by atoms with Crippen molar-refractivity contribution in [1.29, 1.82) is 0 Å². The molecule has 3 nitrogen and oxygen atoms in total. The van der Waals surface area contributed by atoms with Gasteiger partial charge < -0.3 is 13.6 Å². The number of nitrogens with zero attached hydrogens (tertiary/aromatic N) is 2. The van der Waals surface area contributed by atoms with Crippen LogP contribution in [-0.2, 0) is 0 Å². The molecule has 4 heterocycles. The highest BCUT2D eigenvalue weighted by atomic mass is 32.1. The average Bonchev–Trinajstić information content (AvgIpc) is 3.94. The van der Waals surface area contributed by atoms with Gasteiger partial charge in [-0.15, -0.1) is 11.3 Å². The van der Waals surface area contributed by atoms with Crippen molar-refractivity contribution in [2.45, 2.75) is 0 Å². The summed E-state index contributed by atoms with van der Waals surface area (Å²) in [5, 5.41) is 9.83. The Balaban J connectivity index is 1.09. The molecular formula is C48H28N2OS. The summed E-state index contributed by atoms with van der Waals surface area (Å²) in [6, 6.07) is 61.7. The van der Waals surface area contributed by atoms with Gasteiger partial charge in [0.25, 0.3) is 0 Å². The fraction of sp³-hybridized carbons (Fsp3) is 0. The van der Waals surface area contributed by atoms with E-state index in [9.17, 15) is 0 Å². The van der Waals surface area contributed by atoms with E-state index in [1.807, 2.05) is 11.3 Å². The van der Waals surface area contributed by atoms with Crippen LogP contribution in [0.2, 0.25) is 0 Å². The fourth-order valence-electron chi connectivity index (χ4n) is 8.65. The number of furan rings is 1. The van der Waals surface area contributed by atoms with Gasteiger partial charge in [-0.2, -0.15) is 0 Å². The minimum Gasteiger partial charge on any atom is -0.456 e. The minimum atomic E-state index is 0.884. The van der Waals surface area contributed by atoms with Crippen molar-refractivity contribution in [3.05, 3.63) is 170 Å². The van der Waals surface area contributed by atoms with E-state index in [2.05, 4.69) is 179 Å². The van der Waals surface area contributed by atoms with E-state index in [-0.39, 0.29) is 0 Å². The molecule has 0 aliphatic heterocycles. The summed E-state index contributed by atoms with van der Waals surface area (Å²) in [6.45, 7) is 0. The van der Waals surface area contributed by atoms with Crippen LogP contribution in [0.5, 0.6) is 0 Å². The van der Waals surface area contributed by atoms with Gasteiger partial charge in [-0.05, 0) is 83.9 Å². The maximum Gasteiger partial charge on any atom is 0.137 e. The highest BCUT2D eigenvalue weighted by Gasteiger charge is 2.20. The number of hydrogen-bond donors (Lipinski definition) is 0. The molecule has 0 radical (unpaired) electrons. The summed E-state index contributed by atoms with van der Waals surface area (Å²) >= 11 is 1.85. The smallest absolute Gasteiger partial charge is 0.137 e. The van der Waals surface area contributed by atoms with Gasteiger partial charge in [0.05, 0.1) is 22.1 Å². The summed E-state index contributed by atoms with van der Waals surface area (Å²) in [6.07, 6.45) is 0. The number of rotatable bonds is 3. The molecule has 0 atom stereocenters. The predicted octanol–water partition coefficient (Wildman–Crippen LogP) is 13.8. The topological polar surface area (TPSA) is 23.0 Å². The SMILES string of the molecule is c1ccc(-n2c3ccccc3c3cc4c(cc32)c2ccccc2n4-c2ccc3c(c2)oc2cccc(-c4ccc5sc6ccccc6c5c4)c23)cc1. The van der Waals surface area contributed by atoms with Crippen molar-refractivity contribution in [2.24, 2.45) is 0 Å². The monoisotopic (exact) mass is 680 g/mol. The molecule has 0 fully saturated rings. The van der Waals surface area contributed by atoms with Gasteiger partial charge in [0.1, 0.15) is 11.2 Å². The van der Waals surface area contributed by atoms with Gasteiger partial charge in [-0.3, -0.25) is 0 Å². The van der Waals surface area contributed by atoms with Crippen LogP contribution in [0.3, 0.4) is 0 Å². The van der Waals surface area contributed by atoms with Crippen molar-refractivity contribution in [2.75, 3.05) is 0 Å². The van der Waals surface area contributed by atoms with Crippen LogP contribution >= 0.6 is 11.3 Å². The molecule has 8 aromatic carbocycles. The molecule has 0 unspecified atom stereocenters. The molecule has 0 N–H and O–H groups in total. The fourth-order valence-corrected chi connectivity index (χ4v) is 9.74. The first-order valence-corrected chi connectivity index (χ1v) is 18.5. The van der Waals surface area contributed by atoms with Crippen LogP contribution < -0.4 is 0 Å². The standard InChI is InChI=1S/C48H28N2OS/c1-2-11-30(12-3-1)49-40-17-7-4-13-33(40)37-28-43-38(27-42(37)49)34-14-5-8-18-41(34)50(43)31-22-23-36-45(26-31)51-44-19-10-16-32(48(36)44)29-21-24-47-39(25-29)35-15-6-9-20-46(35)52-47/h1-28H. The largest absolute Gasteiger partial charge is 0.456 e. The third kappa shape index (κ3) is 3.84. The molecule has 0 saturated carbocycles. The normalized spacial score (nSPS) is 12.2. The first-order chi connectivity index (χ1) is 25.8. The number of thiophene rings is 1. The highest BCUT2D eigenvalue weighted by Crippen LogP contribution is 2.43. The Labute approximate surface area is 301 Å². The molecule has 4 heteroatoms. The summed E-state index contributed by atoms with van der Waals surface area (Å²) < 4.78 is 14.1. The van der Waals surface area contributed by atoms with E-state index < -0.39 is 0 Å². The Morgan fingerprint density at radius 2 is 1.02 bits per heavy atom. The lowest BCUT2D eigenvalue weighted by molar-refractivity contribution is 0.668. The van der Waals surface area contributed by atoms with E-state index in [1.165, 1.54) is 74.9 Å². The summed E-state index contributed by atoms with van der Waals surface area (Å²) in [5.74, 6) is 0. The lowest BCUT2D eigenvalue weighted by atomic mass is 9.98. The van der Waals surface area contributed by atoms with E-state index in [1.54, 1.807) is 0 Å². The molecule has 12 rings (SSSR count). The molecule has 0 saturated heterocycles. The lowest BCUT2D eigenvalue weighted by Gasteiger charge is -2.09. The van der Waals surface area contributed by atoms with Crippen molar-refractivity contribution in [1.82, 2.24) is 9.13 Å². The minimum absolute atomic E-state index is 0.884. The van der Waals surface area contributed by atoms with Gasteiger partial charge in [0, 0.05) is 69.9 Å². The second kappa shape index (κ2) is 10.5. The third-order valence-corrected chi connectivity index (χ3v) is 12.1. The summed E-state index contributed by atoms with van der Waals surface area (Å²) in [7, 11) is 0. The predicted molar refractivity (Wildman–Crippen MR) is 221 cm³/mol. The first-order valence-electron chi connectivity index (χ1n) is 17.7. The van der Waals surface area contributed by atoms with Gasteiger partial charge in [-0.1, -0.05) is 91.0 Å². The van der Waals surface area contributed by atoms with Crippen molar-refractivity contribution in [3.63, 3.8) is 0 Å². The van der Waals surface area contributed by atoms with Crippen LogP contribution in [0.4, 0.5) is 0 Å². The average molecular weight is 681 g/mol. The quantitative estimate of drug-likeness (QED) is 0.182. The van der Waals surface area contributed by atoms with Crippen LogP contribution in [-0.4, -0.2) is 9.13 Å². The van der Waals surface area contributed by atoms with E-state index >= 15 is 0 Å². The third-order valence-electron chi connectivity index (χ3n) is 10.9. The first kappa shape index (κ1) is 28.1. The maximum absolute atomic E-state index is 6.69. The molecular weight excluding hydrogens is 653 g/mol. The second-order valence-corrected chi connectivity index (χ2v) is 14.8. The van der Waals surface area contributed by atoms with Crippen LogP contribution in [0, 0.1) is 0 Å².